The van der Waals surface area contributed by atoms with Crippen molar-refractivity contribution in [3.05, 3.63) is 41.5 Å². The highest BCUT2D eigenvalue weighted by atomic mass is 16.5. The molecule has 0 unspecified atom stereocenters. The molecule has 86 valence electrons. The van der Waals surface area contributed by atoms with E-state index in [4.69, 9.17) is 0 Å². The van der Waals surface area contributed by atoms with Crippen molar-refractivity contribution < 1.29 is 14.6 Å². The normalized spacial score (nSPS) is 12.7. The molecule has 0 aromatic heterocycles. The summed E-state index contributed by atoms with van der Waals surface area (Å²) in [4.78, 5) is 11.1. The molecule has 0 amide bonds. The molecule has 0 aliphatic carbocycles. The number of carbonyl (C=O) groups excluding carboxylic acids is 1. The van der Waals surface area contributed by atoms with E-state index in [1.807, 2.05) is 31.2 Å². The zero-order valence-electron chi connectivity index (χ0n) is 9.51. The monoisotopic (exact) mass is 220 g/mol. The summed E-state index contributed by atoms with van der Waals surface area (Å²) < 4.78 is 4.67. The van der Waals surface area contributed by atoms with Crippen molar-refractivity contribution in [2.75, 3.05) is 6.61 Å². The first-order valence-electron chi connectivity index (χ1n) is 5.23. The van der Waals surface area contributed by atoms with Gasteiger partial charge in [-0.05, 0) is 25.5 Å². The molecule has 0 radical (unpaired) electrons. The second-order valence-electron chi connectivity index (χ2n) is 3.47. The highest BCUT2D eigenvalue weighted by Gasteiger charge is 2.11. The van der Waals surface area contributed by atoms with Crippen molar-refractivity contribution in [1.82, 2.24) is 0 Å². The zero-order valence-corrected chi connectivity index (χ0v) is 9.51. The van der Waals surface area contributed by atoms with E-state index >= 15 is 0 Å². The largest absolute Gasteiger partial charge is 0.464 e. The molecule has 1 atom stereocenters. The fraction of sp³-hybridized carbons (Fsp3) is 0.308. The predicted octanol–water partition coefficient (Wildman–Crippen LogP) is 1.93. The summed E-state index contributed by atoms with van der Waals surface area (Å²) >= 11 is 0. The third-order valence-electron chi connectivity index (χ3n) is 2.08. The van der Waals surface area contributed by atoms with Gasteiger partial charge in [-0.3, -0.25) is 0 Å². The number of rotatable bonds is 4. The number of benzene rings is 1. The summed E-state index contributed by atoms with van der Waals surface area (Å²) in [5, 5.41) is 9.40. The van der Waals surface area contributed by atoms with E-state index in [-0.39, 0.29) is 6.61 Å². The average molecular weight is 220 g/mol. The molecule has 3 nitrogen and oxygen atoms in total. The quantitative estimate of drug-likeness (QED) is 0.789. The first-order chi connectivity index (χ1) is 7.63. The number of aliphatic hydroxyl groups is 1. The lowest BCUT2D eigenvalue weighted by Crippen LogP contribution is -2.20. The van der Waals surface area contributed by atoms with E-state index < -0.39 is 12.1 Å². The van der Waals surface area contributed by atoms with Crippen LogP contribution in [-0.2, 0) is 9.53 Å². The molecule has 0 aliphatic rings. The Balaban J connectivity index is 2.59. The van der Waals surface area contributed by atoms with Crippen molar-refractivity contribution in [2.45, 2.75) is 20.0 Å². The standard InChI is InChI=1S/C13H16O3/c1-3-16-13(15)12(14)9-8-11-6-4-10(2)5-7-11/h4-9,12,14H,3H2,1-2H3/t12-/m0/s1. The van der Waals surface area contributed by atoms with Crippen LogP contribution in [0.15, 0.2) is 30.3 Å². The van der Waals surface area contributed by atoms with Gasteiger partial charge < -0.3 is 9.84 Å². The fourth-order valence-corrected chi connectivity index (χ4v) is 1.19. The SMILES string of the molecule is CCOC(=O)[C@@H](O)C=Cc1ccc(C)cc1. The summed E-state index contributed by atoms with van der Waals surface area (Å²) in [5.41, 5.74) is 2.11. The minimum atomic E-state index is -1.19. The Bertz CT molecular complexity index is 365. The van der Waals surface area contributed by atoms with Crippen LogP contribution in [0.3, 0.4) is 0 Å². The summed E-state index contributed by atoms with van der Waals surface area (Å²) in [7, 11) is 0. The number of aliphatic hydroxyl groups excluding tert-OH is 1. The topological polar surface area (TPSA) is 46.5 Å². The third-order valence-corrected chi connectivity index (χ3v) is 2.08. The lowest BCUT2D eigenvalue weighted by Gasteiger charge is -2.04. The van der Waals surface area contributed by atoms with Gasteiger partial charge in [-0.15, -0.1) is 0 Å². The average Bonchev–Trinajstić information content (AvgIpc) is 2.28. The number of esters is 1. The Morgan fingerprint density at radius 3 is 2.62 bits per heavy atom. The number of carbonyl (C=O) groups is 1. The van der Waals surface area contributed by atoms with Gasteiger partial charge >= 0.3 is 5.97 Å². The van der Waals surface area contributed by atoms with E-state index in [0.29, 0.717) is 0 Å². The minimum Gasteiger partial charge on any atom is -0.464 e. The number of aryl methyl sites for hydroxylation is 1. The first-order valence-corrected chi connectivity index (χ1v) is 5.23. The van der Waals surface area contributed by atoms with Crippen molar-refractivity contribution in [3.63, 3.8) is 0 Å². The molecular weight excluding hydrogens is 204 g/mol. The third kappa shape index (κ3) is 3.87. The van der Waals surface area contributed by atoms with Crippen molar-refractivity contribution in [1.29, 1.82) is 0 Å². The van der Waals surface area contributed by atoms with Crippen LogP contribution < -0.4 is 0 Å². The van der Waals surface area contributed by atoms with Gasteiger partial charge in [0.25, 0.3) is 0 Å². The lowest BCUT2D eigenvalue weighted by atomic mass is 10.1. The van der Waals surface area contributed by atoms with Gasteiger partial charge in [0.2, 0.25) is 0 Å². The van der Waals surface area contributed by atoms with E-state index in [9.17, 15) is 9.90 Å². The number of hydrogen-bond donors (Lipinski definition) is 1. The van der Waals surface area contributed by atoms with Crippen molar-refractivity contribution in [2.24, 2.45) is 0 Å². The Morgan fingerprint density at radius 1 is 1.44 bits per heavy atom. The molecule has 16 heavy (non-hydrogen) atoms. The molecule has 1 rings (SSSR count). The highest BCUT2D eigenvalue weighted by molar-refractivity contribution is 5.77. The Labute approximate surface area is 95.4 Å². The minimum absolute atomic E-state index is 0.272. The molecule has 1 aromatic rings. The van der Waals surface area contributed by atoms with E-state index in [1.54, 1.807) is 13.0 Å². The molecule has 1 aromatic carbocycles. The Morgan fingerprint density at radius 2 is 2.06 bits per heavy atom. The van der Waals surface area contributed by atoms with Gasteiger partial charge in [-0.1, -0.05) is 35.9 Å². The van der Waals surface area contributed by atoms with Gasteiger partial charge in [0.1, 0.15) is 0 Å². The van der Waals surface area contributed by atoms with E-state index in [2.05, 4.69) is 4.74 Å². The summed E-state index contributed by atoms with van der Waals surface area (Å²) in [5.74, 6) is -0.620. The smallest absolute Gasteiger partial charge is 0.339 e. The van der Waals surface area contributed by atoms with Crippen LogP contribution in [0.4, 0.5) is 0 Å². The predicted molar refractivity (Wildman–Crippen MR) is 62.9 cm³/mol. The van der Waals surface area contributed by atoms with Gasteiger partial charge in [-0.25, -0.2) is 4.79 Å². The van der Waals surface area contributed by atoms with Gasteiger partial charge in [-0.2, -0.15) is 0 Å². The molecule has 0 saturated heterocycles. The molecule has 0 bridgehead atoms. The van der Waals surface area contributed by atoms with Crippen LogP contribution in [0, 0.1) is 6.92 Å². The summed E-state index contributed by atoms with van der Waals surface area (Å²) in [6.07, 6.45) is 1.92. The molecule has 0 spiro atoms. The second-order valence-corrected chi connectivity index (χ2v) is 3.47. The van der Waals surface area contributed by atoms with Crippen LogP contribution in [0.2, 0.25) is 0 Å². The van der Waals surface area contributed by atoms with Crippen LogP contribution >= 0.6 is 0 Å². The molecule has 0 aliphatic heterocycles. The first kappa shape index (κ1) is 12.5. The lowest BCUT2D eigenvalue weighted by molar-refractivity contribution is -0.150. The zero-order chi connectivity index (χ0) is 12.0. The molecule has 0 fully saturated rings. The van der Waals surface area contributed by atoms with Crippen molar-refractivity contribution in [3.8, 4) is 0 Å². The van der Waals surface area contributed by atoms with Crippen LogP contribution in [0.25, 0.3) is 6.08 Å². The molecular formula is C13H16O3. The Kier molecular flexibility index (Phi) is 4.73. The van der Waals surface area contributed by atoms with Crippen LogP contribution in [-0.4, -0.2) is 23.8 Å². The summed E-state index contributed by atoms with van der Waals surface area (Å²) in [6.45, 7) is 3.98. The van der Waals surface area contributed by atoms with Gasteiger partial charge in [0, 0.05) is 0 Å². The molecule has 3 heteroatoms. The maximum absolute atomic E-state index is 11.1. The Hall–Kier alpha value is -1.61. The number of ether oxygens (including phenoxy) is 1. The van der Waals surface area contributed by atoms with E-state index in [0.717, 1.165) is 5.56 Å². The van der Waals surface area contributed by atoms with Crippen molar-refractivity contribution >= 4 is 12.0 Å². The summed E-state index contributed by atoms with van der Waals surface area (Å²) in [6, 6.07) is 7.78. The maximum atomic E-state index is 11.1. The molecule has 1 N–H and O–H groups in total. The van der Waals surface area contributed by atoms with Crippen LogP contribution in [0.5, 0.6) is 0 Å². The number of hydrogen-bond acceptors (Lipinski definition) is 3. The second kappa shape index (κ2) is 6.08. The van der Waals surface area contributed by atoms with Gasteiger partial charge in [0.15, 0.2) is 6.10 Å². The molecule has 0 heterocycles. The van der Waals surface area contributed by atoms with Gasteiger partial charge in [0.05, 0.1) is 6.61 Å². The van der Waals surface area contributed by atoms with Crippen LogP contribution in [0.1, 0.15) is 18.1 Å². The van der Waals surface area contributed by atoms with E-state index in [1.165, 1.54) is 11.6 Å². The highest BCUT2D eigenvalue weighted by Crippen LogP contribution is 2.06. The fourth-order valence-electron chi connectivity index (χ4n) is 1.19. The molecule has 0 saturated carbocycles. The maximum Gasteiger partial charge on any atom is 0.339 e.